The summed E-state index contributed by atoms with van der Waals surface area (Å²) in [6, 6.07) is 0. The molecule has 0 aliphatic carbocycles. The largest absolute Gasteiger partial charge is 0.369 e. The fraction of sp³-hybridized carbons (Fsp3) is 0.500. The van der Waals surface area contributed by atoms with E-state index in [0.29, 0.717) is 5.13 Å². The van der Waals surface area contributed by atoms with Gasteiger partial charge in [0.05, 0.1) is 0 Å². The van der Waals surface area contributed by atoms with Crippen molar-refractivity contribution in [2.24, 2.45) is 0 Å². The standard InChI is InChI=1S/C8H12N2O2S/c1-8(2,12-3)6(11)10-7-9-4-5-13-7/h4-5H,1-3H3,(H,9,10,11). The van der Waals surface area contributed by atoms with Gasteiger partial charge in [0.2, 0.25) is 0 Å². The number of carbonyl (C=O) groups excluding carboxylic acids is 1. The lowest BCUT2D eigenvalue weighted by Gasteiger charge is -2.20. The number of aromatic nitrogens is 1. The lowest BCUT2D eigenvalue weighted by molar-refractivity contribution is -0.133. The van der Waals surface area contributed by atoms with Crippen LogP contribution < -0.4 is 5.32 Å². The van der Waals surface area contributed by atoms with E-state index in [1.165, 1.54) is 18.4 Å². The van der Waals surface area contributed by atoms with Gasteiger partial charge in [0.1, 0.15) is 5.60 Å². The molecule has 13 heavy (non-hydrogen) atoms. The van der Waals surface area contributed by atoms with Crippen LogP contribution in [0.25, 0.3) is 0 Å². The molecule has 0 aliphatic heterocycles. The van der Waals surface area contributed by atoms with E-state index in [9.17, 15) is 4.79 Å². The zero-order valence-corrected chi connectivity index (χ0v) is 8.64. The fourth-order valence-electron chi connectivity index (χ4n) is 0.626. The summed E-state index contributed by atoms with van der Waals surface area (Å²) in [5.41, 5.74) is -0.814. The zero-order chi connectivity index (χ0) is 9.90. The van der Waals surface area contributed by atoms with Crippen molar-refractivity contribution in [2.75, 3.05) is 12.4 Å². The Balaban J connectivity index is 2.61. The maximum absolute atomic E-state index is 11.5. The Morgan fingerprint density at radius 1 is 1.69 bits per heavy atom. The van der Waals surface area contributed by atoms with Crippen LogP contribution >= 0.6 is 11.3 Å². The molecule has 1 amide bonds. The highest BCUT2D eigenvalue weighted by molar-refractivity contribution is 7.13. The van der Waals surface area contributed by atoms with E-state index in [-0.39, 0.29) is 5.91 Å². The predicted molar refractivity (Wildman–Crippen MR) is 51.8 cm³/mol. The second-order valence-electron chi connectivity index (χ2n) is 3.01. The van der Waals surface area contributed by atoms with Crippen LogP contribution in [0.2, 0.25) is 0 Å². The number of methoxy groups -OCH3 is 1. The first-order valence-corrected chi connectivity index (χ1v) is 4.70. The minimum Gasteiger partial charge on any atom is -0.369 e. The van der Waals surface area contributed by atoms with Crippen molar-refractivity contribution in [3.63, 3.8) is 0 Å². The van der Waals surface area contributed by atoms with Crippen molar-refractivity contribution >= 4 is 22.4 Å². The Labute approximate surface area is 80.9 Å². The summed E-state index contributed by atoms with van der Waals surface area (Å²) in [7, 11) is 1.50. The highest BCUT2D eigenvalue weighted by atomic mass is 32.1. The van der Waals surface area contributed by atoms with Gasteiger partial charge in [-0.15, -0.1) is 11.3 Å². The van der Waals surface area contributed by atoms with Gasteiger partial charge in [-0.05, 0) is 13.8 Å². The van der Waals surface area contributed by atoms with Crippen LogP contribution in [0.4, 0.5) is 5.13 Å². The normalized spacial score (nSPS) is 11.3. The van der Waals surface area contributed by atoms with E-state index in [2.05, 4.69) is 10.3 Å². The SMILES string of the molecule is COC(C)(C)C(=O)Nc1nccs1. The van der Waals surface area contributed by atoms with E-state index in [1.54, 1.807) is 25.4 Å². The Bertz CT molecular complexity index is 282. The van der Waals surface area contributed by atoms with Crippen molar-refractivity contribution in [1.82, 2.24) is 4.98 Å². The average molecular weight is 200 g/mol. The molecule has 72 valence electrons. The van der Waals surface area contributed by atoms with Crippen LogP contribution in [-0.4, -0.2) is 23.6 Å². The Morgan fingerprint density at radius 2 is 2.38 bits per heavy atom. The molecule has 1 N–H and O–H groups in total. The molecule has 0 saturated heterocycles. The molecular weight excluding hydrogens is 188 g/mol. The van der Waals surface area contributed by atoms with Gasteiger partial charge in [-0.25, -0.2) is 4.98 Å². The number of ether oxygens (including phenoxy) is 1. The van der Waals surface area contributed by atoms with E-state index in [4.69, 9.17) is 4.74 Å². The van der Waals surface area contributed by atoms with Gasteiger partial charge in [0, 0.05) is 18.7 Å². The van der Waals surface area contributed by atoms with Crippen LogP contribution in [0.3, 0.4) is 0 Å². The highest BCUT2D eigenvalue weighted by Crippen LogP contribution is 2.15. The molecule has 0 bridgehead atoms. The van der Waals surface area contributed by atoms with Gasteiger partial charge < -0.3 is 4.74 Å². The van der Waals surface area contributed by atoms with E-state index in [1.807, 2.05) is 0 Å². The maximum Gasteiger partial charge on any atom is 0.257 e. The smallest absolute Gasteiger partial charge is 0.257 e. The summed E-state index contributed by atoms with van der Waals surface area (Å²) in [5, 5.41) is 5.05. The van der Waals surface area contributed by atoms with Crippen LogP contribution in [-0.2, 0) is 9.53 Å². The number of thiazole rings is 1. The number of amides is 1. The predicted octanol–water partition coefficient (Wildman–Crippen LogP) is 1.51. The van der Waals surface area contributed by atoms with Crippen molar-refractivity contribution in [3.05, 3.63) is 11.6 Å². The third-order valence-corrected chi connectivity index (χ3v) is 2.40. The molecular formula is C8H12N2O2S. The molecule has 1 rings (SSSR count). The molecule has 0 radical (unpaired) electrons. The number of nitrogens with zero attached hydrogens (tertiary/aromatic N) is 1. The third kappa shape index (κ3) is 2.50. The quantitative estimate of drug-likeness (QED) is 0.804. The van der Waals surface area contributed by atoms with Crippen molar-refractivity contribution in [1.29, 1.82) is 0 Å². The number of hydrogen-bond donors (Lipinski definition) is 1. The lowest BCUT2D eigenvalue weighted by atomic mass is 10.1. The maximum atomic E-state index is 11.5. The van der Waals surface area contributed by atoms with Crippen molar-refractivity contribution < 1.29 is 9.53 Å². The second kappa shape index (κ2) is 3.85. The molecule has 0 aliphatic rings. The zero-order valence-electron chi connectivity index (χ0n) is 7.83. The summed E-state index contributed by atoms with van der Waals surface area (Å²) in [4.78, 5) is 15.4. The first kappa shape index (κ1) is 10.1. The summed E-state index contributed by atoms with van der Waals surface area (Å²) in [6.07, 6.45) is 1.64. The fourth-order valence-corrected chi connectivity index (χ4v) is 1.15. The number of hydrogen-bond acceptors (Lipinski definition) is 4. The molecule has 0 spiro atoms. The van der Waals surface area contributed by atoms with Gasteiger partial charge in [0.15, 0.2) is 5.13 Å². The van der Waals surface area contributed by atoms with E-state index >= 15 is 0 Å². The summed E-state index contributed by atoms with van der Waals surface area (Å²) in [5.74, 6) is -0.190. The number of rotatable bonds is 3. The van der Waals surface area contributed by atoms with E-state index in [0.717, 1.165) is 0 Å². The minimum atomic E-state index is -0.814. The van der Waals surface area contributed by atoms with Crippen molar-refractivity contribution in [3.8, 4) is 0 Å². The Hall–Kier alpha value is -0.940. The van der Waals surface area contributed by atoms with E-state index < -0.39 is 5.60 Å². The van der Waals surface area contributed by atoms with Crippen LogP contribution in [0.5, 0.6) is 0 Å². The average Bonchev–Trinajstić information content (AvgIpc) is 2.57. The van der Waals surface area contributed by atoms with Gasteiger partial charge in [-0.1, -0.05) is 0 Å². The molecule has 1 aromatic heterocycles. The molecule has 1 aromatic rings. The number of carbonyl (C=O) groups is 1. The summed E-state index contributed by atoms with van der Waals surface area (Å²) < 4.78 is 5.01. The highest BCUT2D eigenvalue weighted by Gasteiger charge is 2.27. The van der Waals surface area contributed by atoms with Gasteiger partial charge >= 0.3 is 0 Å². The van der Waals surface area contributed by atoms with Gasteiger partial charge in [-0.3, -0.25) is 10.1 Å². The third-order valence-electron chi connectivity index (χ3n) is 1.71. The van der Waals surface area contributed by atoms with Crippen molar-refractivity contribution in [2.45, 2.75) is 19.4 Å². The molecule has 1 heterocycles. The van der Waals surface area contributed by atoms with Crippen LogP contribution in [0.1, 0.15) is 13.8 Å². The molecule has 0 saturated carbocycles. The molecule has 0 unspecified atom stereocenters. The molecule has 0 aromatic carbocycles. The second-order valence-corrected chi connectivity index (χ2v) is 3.90. The number of anilines is 1. The summed E-state index contributed by atoms with van der Waals surface area (Å²) >= 11 is 1.38. The Morgan fingerprint density at radius 3 is 2.85 bits per heavy atom. The topological polar surface area (TPSA) is 51.2 Å². The molecule has 5 heteroatoms. The first-order chi connectivity index (χ1) is 6.06. The lowest BCUT2D eigenvalue weighted by Crippen LogP contribution is -2.38. The monoisotopic (exact) mass is 200 g/mol. The van der Waals surface area contributed by atoms with Crippen LogP contribution in [0, 0.1) is 0 Å². The van der Waals surface area contributed by atoms with Gasteiger partial charge in [0.25, 0.3) is 5.91 Å². The molecule has 0 fully saturated rings. The Kier molecular flexibility index (Phi) is 3.00. The van der Waals surface area contributed by atoms with Crippen LogP contribution in [0.15, 0.2) is 11.6 Å². The number of nitrogens with one attached hydrogen (secondary N) is 1. The molecule has 4 nitrogen and oxygen atoms in total. The summed E-state index contributed by atoms with van der Waals surface area (Å²) in [6.45, 7) is 3.41. The minimum absolute atomic E-state index is 0.190. The van der Waals surface area contributed by atoms with Gasteiger partial charge in [-0.2, -0.15) is 0 Å². The first-order valence-electron chi connectivity index (χ1n) is 3.82. The molecule has 0 atom stereocenters.